The van der Waals surface area contributed by atoms with Gasteiger partial charge in [0.15, 0.2) is 0 Å². The zero-order chi connectivity index (χ0) is 16.4. The van der Waals surface area contributed by atoms with Crippen LogP contribution in [0.15, 0.2) is 42.6 Å². The molecule has 1 fully saturated rings. The fourth-order valence-corrected chi connectivity index (χ4v) is 2.52. The van der Waals surface area contributed by atoms with Gasteiger partial charge >= 0.3 is 0 Å². The summed E-state index contributed by atoms with van der Waals surface area (Å²) in [6.45, 7) is 0.278. The minimum Gasteiger partial charge on any atom is -0.340 e. The van der Waals surface area contributed by atoms with Gasteiger partial charge in [-0.15, -0.1) is 0 Å². The van der Waals surface area contributed by atoms with Crippen LogP contribution in [0.4, 0.5) is 14.5 Å². The van der Waals surface area contributed by atoms with Crippen LogP contribution in [0, 0.1) is 11.8 Å². The normalized spacial score (nSPS) is 17.4. The highest BCUT2D eigenvalue weighted by Crippen LogP contribution is 2.24. The Kier molecular flexibility index (Phi) is 4.01. The summed E-state index contributed by atoms with van der Waals surface area (Å²) < 4.78 is 27.3. The Morgan fingerprint density at radius 1 is 1.22 bits per heavy atom. The molecule has 0 bridgehead atoms. The lowest BCUT2D eigenvalue weighted by molar-refractivity contribution is -0.118. The zero-order valence-electron chi connectivity index (χ0n) is 12.0. The number of anilines is 1. The van der Waals surface area contributed by atoms with Gasteiger partial charge in [0.25, 0.3) is 5.91 Å². The molecule has 1 atom stereocenters. The number of nitrogens with one attached hydrogen (secondary N) is 1. The van der Waals surface area contributed by atoms with Gasteiger partial charge in [-0.3, -0.25) is 9.59 Å². The number of benzene rings is 1. The van der Waals surface area contributed by atoms with E-state index in [9.17, 15) is 18.4 Å². The van der Waals surface area contributed by atoms with E-state index in [4.69, 9.17) is 0 Å². The largest absolute Gasteiger partial charge is 0.340 e. The average Bonchev–Trinajstić information content (AvgIpc) is 2.89. The summed E-state index contributed by atoms with van der Waals surface area (Å²) in [5.41, 5.74) is -0.0635. The Balaban J connectivity index is 1.74. The number of aromatic nitrogens is 1. The van der Waals surface area contributed by atoms with Gasteiger partial charge in [0.2, 0.25) is 11.9 Å². The maximum atomic E-state index is 13.8. The Morgan fingerprint density at radius 2 is 2.00 bits per heavy atom. The van der Waals surface area contributed by atoms with Crippen LogP contribution >= 0.6 is 0 Å². The predicted octanol–water partition coefficient (Wildman–Crippen LogP) is 1.90. The van der Waals surface area contributed by atoms with Crippen molar-refractivity contribution >= 4 is 17.5 Å². The second-order valence-corrected chi connectivity index (χ2v) is 5.10. The molecule has 1 unspecified atom stereocenters. The Labute approximate surface area is 130 Å². The van der Waals surface area contributed by atoms with Crippen LogP contribution < -0.4 is 10.2 Å². The second-order valence-electron chi connectivity index (χ2n) is 5.10. The van der Waals surface area contributed by atoms with Gasteiger partial charge in [0.05, 0.1) is 11.3 Å². The topological polar surface area (TPSA) is 62.3 Å². The van der Waals surface area contributed by atoms with E-state index >= 15 is 0 Å². The van der Waals surface area contributed by atoms with Crippen molar-refractivity contribution in [2.24, 2.45) is 0 Å². The number of amides is 2. The molecule has 5 nitrogen and oxygen atoms in total. The van der Waals surface area contributed by atoms with Crippen molar-refractivity contribution in [1.82, 2.24) is 10.3 Å². The van der Waals surface area contributed by atoms with Crippen LogP contribution in [0.5, 0.6) is 0 Å². The van der Waals surface area contributed by atoms with Gasteiger partial charge in [-0.1, -0.05) is 12.1 Å². The Morgan fingerprint density at radius 3 is 2.74 bits per heavy atom. The summed E-state index contributed by atoms with van der Waals surface area (Å²) in [5, 5.41) is 2.47. The number of pyridine rings is 1. The number of nitrogens with zero attached hydrogens (tertiary/aromatic N) is 2. The van der Waals surface area contributed by atoms with Crippen LogP contribution in [-0.2, 0) is 4.79 Å². The van der Waals surface area contributed by atoms with E-state index in [1.807, 2.05) is 0 Å². The van der Waals surface area contributed by atoms with E-state index in [1.54, 1.807) is 6.07 Å². The summed E-state index contributed by atoms with van der Waals surface area (Å²) in [6.07, 6.45) is 1.55. The summed E-state index contributed by atoms with van der Waals surface area (Å²) in [4.78, 5) is 29.1. The molecule has 7 heteroatoms. The number of hydrogen-bond donors (Lipinski definition) is 1. The van der Waals surface area contributed by atoms with Crippen molar-refractivity contribution < 1.29 is 18.4 Å². The van der Waals surface area contributed by atoms with Gasteiger partial charge in [0, 0.05) is 12.7 Å². The molecule has 118 valence electrons. The second kappa shape index (κ2) is 6.12. The molecule has 1 saturated heterocycles. The average molecular weight is 317 g/mol. The lowest BCUT2D eigenvalue weighted by atomic mass is 10.2. The van der Waals surface area contributed by atoms with E-state index < -0.39 is 29.6 Å². The standard InChI is InChI=1S/C16H13F2N3O2/c17-11-5-1-2-6-13(11)21-9-7-12(16(21)23)20-15(22)10-4-3-8-19-14(10)18/h1-6,8,12H,7,9H2,(H,20,22). The predicted molar refractivity (Wildman–Crippen MR) is 78.8 cm³/mol. The minimum atomic E-state index is -0.901. The van der Waals surface area contributed by atoms with Crippen LogP contribution in [0.25, 0.3) is 0 Å². The lowest BCUT2D eigenvalue weighted by Crippen LogP contribution is -2.42. The third kappa shape index (κ3) is 2.90. The Hall–Kier alpha value is -2.83. The highest BCUT2D eigenvalue weighted by molar-refractivity contribution is 6.03. The van der Waals surface area contributed by atoms with Gasteiger partial charge in [-0.05, 0) is 30.7 Å². The first-order chi connectivity index (χ1) is 11.1. The van der Waals surface area contributed by atoms with Crippen molar-refractivity contribution in [1.29, 1.82) is 0 Å². The van der Waals surface area contributed by atoms with Crippen LogP contribution in [0.3, 0.4) is 0 Å². The smallest absolute Gasteiger partial charge is 0.256 e. The van der Waals surface area contributed by atoms with Crippen LogP contribution in [-0.4, -0.2) is 29.4 Å². The molecule has 3 rings (SSSR count). The SMILES string of the molecule is O=C(NC1CCN(c2ccccc2F)C1=O)c1cccnc1F. The van der Waals surface area contributed by atoms with E-state index in [0.717, 1.165) is 0 Å². The van der Waals surface area contributed by atoms with Gasteiger partial charge in [0.1, 0.15) is 11.9 Å². The third-order valence-corrected chi connectivity index (χ3v) is 3.66. The van der Waals surface area contributed by atoms with Crippen molar-refractivity contribution in [2.75, 3.05) is 11.4 Å². The maximum absolute atomic E-state index is 13.8. The van der Waals surface area contributed by atoms with Crippen molar-refractivity contribution in [3.63, 3.8) is 0 Å². The first kappa shape index (κ1) is 15.1. The Bertz CT molecular complexity index is 766. The highest BCUT2D eigenvalue weighted by Gasteiger charge is 2.35. The summed E-state index contributed by atoms with van der Waals surface area (Å²) in [6, 6.07) is 7.82. The molecule has 1 aromatic heterocycles. The molecule has 23 heavy (non-hydrogen) atoms. The van der Waals surface area contributed by atoms with E-state index in [0.29, 0.717) is 6.42 Å². The summed E-state index contributed by atoms with van der Waals surface area (Å²) >= 11 is 0. The van der Waals surface area contributed by atoms with Crippen LogP contribution in [0.2, 0.25) is 0 Å². The van der Waals surface area contributed by atoms with E-state index in [1.165, 1.54) is 41.4 Å². The number of hydrogen-bond acceptors (Lipinski definition) is 3. The summed E-state index contributed by atoms with van der Waals surface area (Å²) in [5.74, 6) is -2.55. The molecular formula is C16H13F2N3O2. The minimum absolute atomic E-state index is 0.168. The first-order valence-corrected chi connectivity index (χ1v) is 7.05. The van der Waals surface area contributed by atoms with Crippen molar-refractivity contribution in [3.8, 4) is 0 Å². The number of halogens is 2. The molecule has 0 aliphatic carbocycles. The molecule has 0 saturated carbocycles. The maximum Gasteiger partial charge on any atom is 0.256 e. The van der Waals surface area contributed by atoms with Crippen LogP contribution in [0.1, 0.15) is 16.8 Å². The molecule has 2 amide bonds. The quantitative estimate of drug-likeness (QED) is 0.880. The lowest BCUT2D eigenvalue weighted by Gasteiger charge is -2.17. The zero-order valence-corrected chi connectivity index (χ0v) is 12.0. The van der Waals surface area contributed by atoms with E-state index in [2.05, 4.69) is 10.3 Å². The number of carbonyl (C=O) groups is 2. The first-order valence-electron chi connectivity index (χ1n) is 7.05. The van der Waals surface area contributed by atoms with Crippen molar-refractivity contribution in [3.05, 3.63) is 59.9 Å². The summed E-state index contributed by atoms with van der Waals surface area (Å²) in [7, 11) is 0. The monoisotopic (exact) mass is 317 g/mol. The third-order valence-electron chi connectivity index (χ3n) is 3.66. The molecule has 2 aromatic rings. The molecule has 0 spiro atoms. The fourth-order valence-electron chi connectivity index (χ4n) is 2.52. The molecule has 2 heterocycles. The number of carbonyl (C=O) groups excluding carboxylic acids is 2. The molecule has 1 aromatic carbocycles. The van der Waals surface area contributed by atoms with E-state index in [-0.39, 0.29) is 17.8 Å². The van der Waals surface area contributed by atoms with Gasteiger partial charge in [-0.2, -0.15) is 4.39 Å². The molecule has 1 N–H and O–H groups in total. The molecule has 1 aliphatic heterocycles. The number of para-hydroxylation sites is 1. The number of rotatable bonds is 3. The highest BCUT2D eigenvalue weighted by atomic mass is 19.1. The van der Waals surface area contributed by atoms with Gasteiger partial charge < -0.3 is 10.2 Å². The molecular weight excluding hydrogens is 304 g/mol. The van der Waals surface area contributed by atoms with Gasteiger partial charge in [-0.25, -0.2) is 9.37 Å². The van der Waals surface area contributed by atoms with Crippen molar-refractivity contribution in [2.45, 2.75) is 12.5 Å². The molecule has 1 aliphatic rings. The fraction of sp³-hybridized carbons (Fsp3) is 0.188. The molecule has 0 radical (unpaired) electrons.